The Balaban J connectivity index is 3.55. The van der Waals surface area contributed by atoms with Crippen molar-refractivity contribution in [3.8, 4) is 0 Å². The second-order valence-electron chi connectivity index (χ2n) is 4.60. The molecule has 0 N–H and O–H groups in total. The van der Waals surface area contributed by atoms with Crippen LogP contribution in [-0.4, -0.2) is 40.4 Å². The molecule has 1 rings (SSSR count). The summed E-state index contributed by atoms with van der Waals surface area (Å²) in [5, 5.41) is 0. The number of carbonyl (C=O) groups is 3. The van der Waals surface area contributed by atoms with Gasteiger partial charge in [0.25, 0.3) is 0 Å². The molecule has 7 heteroatoms. The Kier molecular flexibility index (Phi) is 5.88. The molecule has 0 unspecified atom stereocenters. The Morgan fingerprint density at radius 1 is 0.810 bits per heavy atom. The number of hydrogen-bond donors (Lipinski definition) is 0. The first-order valence-corrected chi connectivity index (χ1v) is 13.0. The van der Waals surface area contributed by atoms with E-state index in [9.17, 15) is 14.4 Å². The summed E-state index contributed by atoms with van der Waals surface area (Å²) in [5.74, 6) is -1.95. The van der Waals surface area contributed by atoms with Crippen LogP contribution in [0.1, 0.15) is 31.9 Å². The van der Waals surface area contributed by atoms with Crippen LogP contribution >= 0.6 is 0 Å². The fraction of sp³-hybridized carbons (Fsp3) is 0.357. The van der Waals surface area contributed by atoms with Crippen molar-refractivity contribution in [3.05, 3.63) is 29.3 Å². The summed E-state index contributed by atoms with van der Waals surface area (Å²) in [6.45, 7) is 7.14. The molecule has 21 heavy (non-hydrogen) atoms. The maximum atomic E-state index is 11.5. The van der Waals surface area contributed by atoms with Crippen LogP contribution < -0.4 is 3.12 Å². The summed E-state index contributed by atoms with van der Waals surface area (Å²) >= 11 is -5.07. The van der Waals surface area contributed by atoms with Gasteiger partial charge >= 0.3 is 130 Å². The zero-order chi connectivity index (χ0) is 16.2. The molecular formula is C14H18O6Pb. The van der Waals surface area contributed by atoms with Crippen LogP contribution in [0.4, 0.5) is 0 Å². The van der Waals surface area contributed by atoms with E-state index in [2.05, 4.69) is 0 Å². The fourth-order valence-electron chi connectivity index (χ4n) is 2.08. The molecular weight excluding hydrogens is 471 g/mol. The standard InChI is InChI=1S/C8H9.3C2H4O2.Pb/c1-7-4-3-5-8(2)6-7;3*1-2(3)4;/h3-5H,1-2H3;3*1H3,(H,3,4);/q;;;;+3/p-3. The number of hydrogen-bond acceptors (Lipinski definition) is 6. The van der Waals surface area contributed by atoms with Crippen LogP contribution in [-0.2, 0) is 22.4 Å². The normalized spacial score (nSPS) is 10.7. The van der Waals surface area contributed by atoms with Crippen molar-refractivity contribution in [2.45, 2.75) is 34.6 Å². The molecule has 6 nitrogen and oxygen atoms in total. The second-order valence-corrected chi connectivity index (χ2v) is 13.3. The summed E-state index contributed by atoms with van der Waals surface area (Å²) in [7, 11) is 0. The van der Waals surface area contributed by atoms with E-state index in [0.29, 0.717) is 3.12 Å². The van der Waals surface area contributed by atoms with E-state index in [1.54, 1.807) is 26.0 Å². The minimum absolute atomic E-state index is 0.533. The van der Waals surface area contributed by atoms with Crippen LogP contribution in [0.2, 0.25) is 0 Å². The molecule has 0 radical (unpaired) electrons. The van der Waals surface area contributed by atoms with E-state index in [0.717, 1.165) is 11.1 Å². The number of carbonyl (C=O) groups excluding carboxylic acids is 3. The summed E-state index contributed by atoms with van der Waals surface area (Å²) in [6, 6.07) is 5.39. The van der Waals surface area contributed by atoms with E-state index < -0.39 is 40.4 Å². The number of benzene rings is 1. The topological polar surface area (TPSA) is 78.9 Å². The summed E-state index contributed by atoms with van der Waals surface area (Å²) < 4.78 is 16.4. The molecule has 0 amide bonds. The first-order chi connectivity index (χ1) is 9.68. The average molecular weight is 489 g/mol. The maximum absolute atomic E-state index is 11.5. The fourth-order valence-corrected chi connectivity index (χ4v) is 12.6. The van der Waals surface area contributed by atoms with Gasteiger partial charge in [0.2, 0.25) is 0 Å². The van der Waals surface area contributed by atoms with Gasteiger partial charge in [-0.05, 0) is 0 Å². The Bertz CT molecular complexity index is 520. The van der Waals surface area contributed by atoms with E-state index in [4.69, 9.17) is 8.06 Å². The van der Waals surface area contributed by atoms with E-state index in [1.807, 2.05) is 6.07 Å². The van der Waals surface area contributed by atoms with Gasteiger partial charge in [0.05, 0.1) is 0 Å². The van der Waals surface area contributed by atoms with Crippen molar-refractivity contribution in [1.29, 1.82) is 0 Å². The zero-order valence-electron chi connectivity index (χ0n) is 12.7. The van der Waals surface area contributed by atoms with Crippen molar-refractivity contribution in [2.24, 2.45) is 0 Å². The third kappa shape index (κ3) is 4.52. The molecule has 1 aromatic rings. The van der Waals surface area contributed by atoms with Crippen molar-refractivity contribution in [1.82, 2.24) is 0 Å². The zero-order valence-corrected chi connectivity index (χ0v) is 16.6. The molecule has 0 bridgehead atoms. The van der Waals surface area contributed by atoms with Crippen LogP contribution in [0.15, 0.2) is 18.2 Å². The summed E-state index contributed by atoms with van der Waals surface area (Å²) in [4.78, 5) is 34.4. The van der Waals surface area contributed by atoms with Gasteiger partial charge in [-0.2, -0.15) is 0 Å². The Morgan fingerprint density at radius 3 is 1.43 bits per heavy atom. The third-order valence-corrected chi connectivity index (χ3v) is 14.6. The molecule has 0 aliphatic rings. The summed E-state index contributed by atoms with van der Waals surface area (Å²) in [6.07, 6.45) is 0. The Hall–Kier alpha value is -1.45. The van der Waals surface area contributed by atoms with Crippen molar-refractivity contribution >= 4 is 43.6 Å². The summed E-state index contributed by atoms with van der Waals surface area (Å²) in [5.41, 5.74) is 1.50. The van der Waals surface area contributed by atoms with Crippen molar-refractivity contribution in [3.63, 3.8) is 0 Å². The molecule has 0 spiro atoms. The monoisotopic (exact) mass is 490 g/mol. The van der Waals surface area contributed by atoms with Crippen LogP contribution in [0.3, 0.4) is 0 Å². The Labute approximate surface area is 130 Å². The minimum atomic E-state index is -5.07. The molecule has 0 heterocycles. The predicted molar refractivity (Wildman–Crippen MR) is 76.6 cm³/mol. The molecule has 0 atom stereocenters. The van der Waals surface area contributed by atoms with E-state index >= 15 is 0 Å². The Morgan fingerprint density at radius 2 is 1.14 bits per heavy atom. The van der Waals surface area contributed by atoms with Crippen molar-refractivity contribution in [2.75, 3.05) is 0 Å². The van der Waals surface area contributed by atoms with Gasteiger partial charge in [-0.25, -0.2) is 0 Å². The molecule has 0 fully saturated rings. The SMILES string of the molecule is CC(=O)[O][Pb]([O]C(C)=O)([O]C(C)=O)[c]1c(C)cccc1C. The molecule has 0 aliphatic heterocycles. The molecule has 114 valence electrons. The molecule has 0 aliphatic carbocycles. The predicted octanol–water partition coefficient (Wildman–Crippen LogP) is 1.14. The molecule has 0 aromatic heterocycles. The molecule has 1 aromatic carbocycles. The number of aryl methyl sites for hydroxylation is 2. The second kappa shape index (κ2) is 7.01. The van der Waals surface area contributed by atoms with Crippen LogP contribution in [0.5, 0.6) is 0 Å². The van der Waals surface area contributed by atoms with Gasteiger partial charge in [0.15, 0.2) is 0 Å². The van der Waals surface area contributed by atoms with Gasteiger partial charge in [0, 0.05) is 0 Å². The van der Waals surface area contributed by atoms with Gasteiger partial charge in [0.1, 0.15) is 0 Å². The molecule has 0 saturated heterocycles. The van der Waals surface area contributed by atoms with Crippen molar-refractivity contribution < 1.29 is 22.4 Å². The number of rotatable bonds is 4. The first-order valence-electron chi connectivity index (χ1n) is 6.33. The van der Waals surface area contributed by atoms with Gasteiger partial charge in [-0.15, -0.1) is 0 Å². The van der Waals surface area contributed by atoms with E-state index in [-0.39, 0.29) is 0 Å². The third-order valence-electron chi connectivity index (χ3n) is 2.62. The van der Waals surface area contributed by atoms with Gasteiger partial charge < -0.3 is 0 Å². The van der Waals surface area contributed by atoms with Gasteiger partial charge in [-0.3, -0.25) is 0 Å². The van der Waals surface area contributed by atoms with Crippen LogP contribution in [0.25, 0.3) is 0 Å². The average Bonchev–Trinajstić information content (AvgIpc) is 2.24. The van der Waals surface area contributed by atoms with Gasteiger partial charge in [-0.1, -0.05) is 0 Å². The molecule has 0 saturated carbocycles. The van der Waals surface area contributed by atoms with Crippen LogP contribution in [0, 0.1) is 13.8 Å². The first kappa shape index (κ1) is 17.6. The van der Waals surface area contributed by atoms with E-state index in [1.165, 1.54) is 20.8 Å². The quantitative estimate of drug-likeness (QED) is 0.591.